The maximum Gasteiger partial charge on any atom is 0.128 e. The first-order valence-corrected chi connectivity index (χ1v) is 6.75. The zero-order valence-electron chi connectivity index (χ0n) is 12.5. The van der Waals surface area contributed by atoms with Gasteiger partial charge in [-0.1, -0.05) is 13.0 Å². The van der Waals surface area contributed by atoms with Gasteiger partial charge in [-0.2, -0.15) is 0 Å². The molecule has 19 heavy (non-hydrogen) atoms. The van der Waals surface area contributed by atoms with Gasteiger partial charge < -0.3 is 20.5 Å². The Bertz CT molecular complexity index is 394. The van der Waals surface area contributed by atoms with Crippen molar-refractivity contribution in [2.75, 3.05) is 33.9 Å². The van der Waals surface area contributed by atoms with Crippen LogP contribution in [0.25, 0.3) is 0 Å². The second kappa shape index (κ2) is 8.02. The second-order valence-corrected chi connectivity index (χ2v) is 4.88. The quantitative estimate of drug-likeness (QED) is 0.704. The number of ether oxygens (including phenoxy) is 2. The molecule has 0 spiro atoms. The fourth-order valence-electron chi connectivity index (χ4n) is 2.09. The highest BCUT2D eigenvalue weighted by Gasteiger charge is 2.10. The molecule has 4 nitrogen and oxygen atoms in total. The minimum absolute atomic E-state index is 0.513. The summed E-state index contributed by atoms with van der Waals surface area (Å²) in [6.45, 7) is 6.76. The Hall–Kier alpha value is -1.26. The van der Waals surface area contributed by atoms with Crippen LogP contribution in [0.4, 0.5) is 0 Å². The smallest absolute Gasteiger partial charge is 0.128 e. The Kier molecular flexibility index (Phi) is 6.67. The molecule has 3 N–H and O–H groups in total. The lowest BCUT2D eigenvalue weighted by molar-refractivity contribution is 0.385. The van der Waals surface area contributed by atoms with Crippen LogP contribution >= 0.6 is 0 Å². The topological polar surface area (TPSA) is 56.5 Å². The summed E-state index contributed by atoms with van der Waals surface area (Å²) in [5.74, 6) is 2.30. The number of nitrogens with one attached hydrogen (secondary N) is 1. The molecule has 0 aliphatic rings. The van der Waals surface area contributed by atoms with Crippen LogP contribution in [0.5, 0.6) is 11.5 Å². The van der Waals surface area contributed by atoms with Crippen molar-refractivity contribution in [3.63, 3.8) is 0 Å². The molecule has 1 rings (SSSR count). The molecule has 0 aliphatic heterocycles. The Morgan fingerprint density at radius 3 is 2.58 bits per heavy atom. The molecule has 0 amide bonds. The Balaban J connectivity index is 2.61. The average molecular weight is 266 g/mol. The third kappa shape index (κ3) is 4.40. The van der Waals surface area contributed by atoms with Crippen LogP contribution in [-0.2, 0) is 6.42 Å². The molecular formula is C15H26N2O2. The van der Waals surface area contributed by atoms with Crippen molar-refractivity contribution in [2.45, 2.75) is 20.3 Å². The third-order valence-corrected chi connectivity index (χ3v) is 3.33. The van der Waals surface area contributed by atoms with Crippen LogP contribution in [0, 0.1) is 12.8 Å². The number of benzene rings is 1. The predicted molar refractivity (Wildman–Crippen MR) is 79.1 cm³/mol. The zero-order valence-corrected chi connectivity index (χ0v) is 12.5. The van der Waals surface area contributed by atoms with E-state index in [1.54, 1.807) is 14.2 Å². The van der Waals surface area contributed by atoms with E-state index in [1.165, 1.54) is 5.56 Å². The first-order chi connectivity index (χ1) is 9.13. The summed E-state index contributed by atoms with van der Waals surface area (Å²) in [6.07, 6.45) is 0.936. The molecule has 0 aliphatic carbocycles. The first-order valence-electron chi connectivity index (χ1n) is 6.75. The van der Waals surface area contributed by atoms with E-state index < -0.39 is 0 Å². The number of methoxy groups -OCH3 is 2. The van der Waals surface area contributed by atoms with Gasteiger partial charge in [0.15, 0.2) is 0 Å². The highest BCUT2D eigenvalue weighted by atomic mass is 16.5. The van der Waals surface area contributed by atoms with E-state index in [4.69, 9.17) is 15.2 Å². The molecular weight excluding hydrogens is 240 g/mol. The fraction of sp³-hybridized carbons (Fsp3) is 0.600. The lowest BCUT2D eigenvalue weighted by Gasteiger charge is -2.15. The van der Waals surface area contributed by atoms with Crippen molar-refractivity contribution in [1.82, 2.24) is 5.32 Å². The second-order valence-electron chi connectivity index (χ2n) is 4.88. The summed E-state index contributed by atoms with van der Waals surface area (Å²) in [5.41, 5.74) is 7.84. The van der Waals surface area contributed by atoms with Crippen LogP contribution in [0.3, 0.4) is 0 Å². The van der Waals surface area contributed by atoms with Crippen LogP contribution in [-0.4, -0.2) is 33.9 Å². The van der Waals surface area contributed by atoms with Gasteiger partial charge in [0, 0.05) is 5.56 Å². The van der Waals surface area contributed by atoms with Gasteiger partial charge in [0.1, 0.15) is 11.5 Å². The van der Waals surface area contributed by atoms with E-state index in [0.717, 1.165) is 43.1 Å². The summed E-state index contributed by atoms with van der Waals surface area (Å²) < 4.78 is 10.8. The standard InChI is InChI=1S/C15H26N2O2/c1-11(9-16)10-17-8-7-13-5-6-14(18-3)12(2)15(13)19-4/h5-6,11,17H,7-10,16H2,1-4H3. The van der Waals surface area contributed by atoms with E-state index in [9.17, 15) is 0 Å². The van der Waals surface area contributed by atoms with Crippen molar-refractivity contribution in [3.05, 3.63) is 23.3 Å². The van der Waals surface area contributed by atoms with E-state index in [0.29, 0.717) is 5.92 Å². The molecule has 0 saturated heterocycles. The molecule has 0 heterocycles. The molecule has 1 aromatic carbocycles. The Morgan fingerprint density at radius 2 is 2.00 bits per heavy atom. The van der Waals surface area contributed by atoms with Crippen molar-refractivity contribution >= 4 is 0 Å². The summed E-state index contributed by atoms with van der Waals surface area (Å²) >= 11 is 0. The van der Waals surface area contributed by atoms with Gasteiger partial charge in [0.05, 0.1) is 14.2 Å². The van der Waals surface area contributed by atoms with Gasteiger partial charge in [-0.3, -0.25) is 0 Å². The Morgan fingerprint density at radius 1 is 1.26 bits per heavy atom. The van der Waals surface area contributed by atoms with Gasteiger partial charge in [-0.05, 0) is 50.5 Å². The van der Waals surface area contributed by atoms with Crippen LogP contribution in [0.2, 0.25) is 0 Å². The van der Waals surface area contributed by atoms with E-state index in [-0.39, 0.29) is 0 Å². The van der Waals surface area contributed by atoms with E-state index in [1.807, 2.05) is 13.0 Å². The molecule has 0 radical (unpaired) electrons. The highest BCUT2D eigenvalue weighted by Crippen LogP contribution is 2.31. The SMILES string of the molecule is COc1ccc(CCNCC(C)CN)c(OC)c1C. The van der Waals surface area contributed by atoms with Crippen molar-refractivity contribution in [3.8, 4) is 11.5 Å². The molecule has 1 atom stereocenters. The summed E-state index contributed by atoms with van der Waals surface area (Å²) in [6, 6.07) is 4.06. The number of hydrogen-bond donors (Lipinski definition) is 2. The molecule has 0 aromatic heterocycles. The fourth-order valence-corrected chi connectivity index (χ4v) is 2.09. The van der Waals surface area contributed by atoms with Crippen molar-refractivity contribution < 1.29 is 9.47 Å². The van der Waals surface area contributed by atoms with Gasteiger partial charge in [0.25, 0.3) is 0 Å². The summed E-state index contributed by atoms with van der Waals surface area (Å²) in [4.78, 5) is 0. The molecule has 0 bridgehead atoms. The van der Waals surface area contributed by atoms with Crippen LogP contribution in [0.1, 0.15) is 18.1 Å². The van der Waals surface area contributed by atoms with Crippen molar-refractivity contribution in [1.29, 1.82) is 0 Å². The van der Waals surface area contributed by atoms with E-state index >= 15 is 0 Å². The monoisotopic (exact) mass is 266 g/mol. The number of hydrogen-bond acceptors (Lipinski definition) is 4. The average Bonchev–Trinajstić information content (AvgIpc) is 2.43. The molecule has 0 fully saturated rings. The minimum atomic E-state index is 0.513. The molecule has 1 unspecified atom stereocenters. The van der Waals surface area contributed by atoms with Gasteiger partial charge in [-0.25, -0.2) is 0 Å². The number of rotatable bonds is 8. The largest absolute Gasteiger partial charge is 0.496 e. The lowest BCUT2D eigenvalue weighted by atomic mass is 10.1. The summed E-state index contributed by atoms with van der Waals surface area (Å²) in [5, 5.41) is 3.42. The Labute approximate surface area is 116 Å². The molecule has 1 aromatic rings. The van der Waals surface area contributed by atoms with Gasteiger partial charge in [-0.15, -0.1) is 0 Å². The molecule has 108 valence electrons. The lowest BCUT2D eigenvalue weighted by Crippen LogP contribution is -2.27. The third-order valence-electron chi connectivity index (χ3n) is 3.33. The molecule has 0 saturated carbocycles. The van der Waals surface area contributed by atoms with Gasteiger partial charge in [0.2, 0.25) is 0 Å². The van der Waals surface area contributed by atoms with Crippen LogP contribution < -0.4 is 20.5 Å². The predicted octanol–water partition coefficient (Wildman–Crippen LogP) is 1.74. The van der Waals surface area contributed by atoms with E-state index in [2.05, 4.69) is 18.3 Å². The summed E-state index contributed by atoms with van der Waals surface area (Å²) in [7, 11) is 3.38. The molecule has 4 heteroatoms. The number of nitrogens with two attached hydrogens (primary N) is 1. The zero-order chi connectivity index (χ0) is 14.3. The normalized spacial score (nSPS) is 12.3. The van der Waals surface area contributed by atoms with Gasteiger partial charge >= 0.3 is 0 Å². The van der Waals surface area contributed by atoms with Crippen molar-refractivity contribution in [2.24, 2.45) is 11.7 Å². The van der Waals surface area contributed by atoms with Crippen LogP contribution in [0.15, 0.2) is 12.1 Å². The maximum absolute atomic E-state index is 5.59. The maximum atomic E-state index is 5.59. The highest BCUT2D eigenvalue weighted by molar-refractivity contribution is 5.49. The first kappa shape index (κ1) is 15.8. The minimum Gasteiger partial charge on any atom is -0.496 e.